The van der Waals surface area contributed by atoms with Crippen molar-refractivity contribution >= 4 is 39.6 Å². The lowest BCUT2D eigenvalue weighted by Gasteiger charge is -2.39. The number of hydrogen-bond acceptors (Lipinski definition) is 8. The number of anilines is 3. The number of rotatable bonds is 5. The van der Waals surface area contributed by atoms with Gasteiger partial charge in [0.25, 0.3) is 0 Å². The molecule has 1 unspecified atom stereocenters. The molecule has 0 spiro atoms. The van der Waals surface area contributed by atoms with Gasteiger partial charge in [0.2, 0.25) is 5.91 Å². The first kappa shape index (κ1) is 24.0. The number of pyridine rings is 1. The number of piperazine rings is 1. The van der Waals surface area contributed by atoms with Crippen LogP contribution in [0.15, 0.2) is 80.0 Å². The van der Waals surface area contributed by atoms with E-state index in [0.717, 1.165) is 50.7 Å². The molecule has 200 valence electrons. The van der Waals surface area contributed by atoms with Gasteiger partial charge in [-0.3, -0.25) is 4.79 Å². The van der Waals surface area contributed by atoms with Crippen molar-refractivity contribution in [3.63, 3.8) is 0 Å². The summed E-state index contributed by atoms with van der Waals surface area (Å²) >= 11 is 0. The van der Waals surface area contributed by atoms with Crippen molar-refractivity contribution in [3.8, 4) is 17.2 Å². The molecule has 3 aromatic heterocycles. The number of nitrogens with zero attached hydrogens (tertiary/aromatic N) is 6. The second kappa shape index (κ2) is 9.57. The summed E-state index contributed by atoms with van der Waals surface area (Å²) in [5.41, 5.74) is 4.45. The summed E-state index contributed by atoms with van der Waals surface area (Å²) in [6.07, 6.45) is 8.50. The van der Waals surface area contributed by atoms with Gasteiger partial charge in [0, 0.05) is 61.4 Å². The van der Waals surface area contributed by atoms with Crippen LogP contribution in [0.3, 0.4) is 0 Å². The molecule has 10 heteroatoms. The van der Waals surface area contributed by atoms with E-state index < -0.39 is 0 Å². The Hall–Kier alpha value is -5.12. The Kier molecular flexibility index (Phi) is 5.73. The van der Waals surface area contributed by atoms with Crippen LogP contribution in [0.5, 0.6) is 17.2 Å². The van der Waals surface area contributed by atoms with Crippen molar-refractivity contribution in [1.82, 2.24) is 24.3 Å². The molecule has 0 radical (unpaired) electrons. The van der Waals surface area contributed by atoms with Crippen molar-refractivity contribution in [3.05, 3.63) is 85.6 Å². The molecule has 1 fully saturated rings. The predicted molar refractivity (Wildman–Crippen MR) is 153 cm³/mol. The van der Waals surface area contributed by atoms with Gasteiger partial charge < -0.3 is 29.0 Å². The van der Waals surface area contributed by atoms with E-state index in [9.17, 15) is 4.79 Å². The third kappa shape index (κ3) is 4.23. The Balaban J connectivity index is 1.15. The van der Waals surface area contributed by atoms with E-state index in [2.05, 4.69) is 37.8 Å². The van der Waals surface area contributed by atoms with E-state index in [1.807, 2.05) is 65.0 Å². The zero-order valence-corrected chi connectivity index (χ0v) is 21.9. The molecule has 0 aliphatic carbocycles. The van der Waals surface area contributed by atoms with E-state index in [0.29, 0.717) is 32.1 Å². The molecule has 40 heavy (non-hydrogen) atoms. The maximum absolute atomic E-state index is 12.3. The van der Waals surface area contributed by atoms with Crippen molar-refractivity contribution in [2.24, 2.45) is 0 Å². The molecule has 10 nitrogen and oxygen atoms in total. The molecule has 5 aromatic rings. The Morgan fingerprint density at radius 3 is 2.92 bits per heavy atom. The highest BCUT2D eigenvalue weighted by Crippen LogP contribution is 2.39. The van der Waals surface area contributed by atoms with Crippen LogP contribution in [0, 0.1) is 6.92 Å². The van der Waals surface area contributed by atoms with Gasteiger partial charge in [-0.1, -0.05) is 6.58 Å². The first-order valence-corrected chi connectivity index (χ1v) is 13.1. The number of hydrogen-bond donors (Lipinski definition) is 1. The predicted octanol–water partition coefficient (Wildman–Crippen LogP) is 4.72. The number of ether oxygens (including phenoxy) is 2. The van der Waals surface area contributed by atoms with Gasteiger partial charge >= 0.3 is 0 Å². The molecule has 1 atom stereocenters. The third-order valence-electron chi connectivity index (χ3n) is 7.46. The highest BCUT2D eigenvalue weighted by atomic mass is 16.5. The first-order chi connectivity index (χ1) is 19.6. The van der Waals surface area contributed by atoms with E-state index in [-0.39, 0.29) is 11.9 Å². The van der Waals surface area contributed by atoms with E-state index in [1.165, 1.54) is 6.08 Å². The Bertz CT molecular complexity index is 1780. The fourth-order valence-corrected chi connectivity index (χ4v) is 5.41. The maximum atomic E-state index is 12.3. The number of imidazole rings is 1. The first-order valence-electron chi connectivity index (χ1n) is 13.1. The van der Waals surface area contributed by atoms with Gasteiger partial charge in [-0.25, -0.2) is 15.0 Å². The summed E-state index contributed by atoms with van der Waals surface area (Å²) in [6, 6.07) is 13.8. The molecule has 0 saturated carbocycles. The van der Waals surface area contributed by atoms with Crippen molar-refractivity contribution in [2.75, 3.05) is 36.5 Å². The fourth-order valence-electron chi connectivity index (χ4n) is 5.41. The molecular weight excluding hydrogens is 506 g/mol. The second-order valence-corrected chi connectivity index (χ2v) is 9.97. The van der Waals surface area contributed by atoms with Gasteiger partial charge in [0.15, 0.2) is 0 Å². The zero-order chi connectivity index (χ0) is 27.2. The van der Waals surface area contributed by atoms with Crippen LogP contribution >= 0.6 is 0 Å². The molecule has 7 rings (SSSR count). The van der Waals surface area contributed by atoms with Crippen LogP contribution in [-0.2, 0) is 4.79 Å². The summed E-state index contributed by atoms with van der Waals surface area (Å²) in [7, 11) is 0. The SMILES string of the molecule is C=CC(=O)N1CCN2CC1COc1cc3ncnc(Nc4ccc(Oc5ccn6ccnc6c5)c(C)c4)c3cc12. The molecular formula is C30H27N7O3. The van der Waals surface area contributed by atoms with E-state index in [4.69, 9.17) is 9.47 Å². The van der Waals surface area contributed by atoms with Crippen molar-refractivity contribution in [2.45, 2.75) is 13.0 Å². The molecule has 5 heterocycles. The number of carbonyl (C=O) groups excluding carboxylic acids is 1. The molecule has 1 saturated heterocycles. The minimum atomic E-state index is -0.0625. The van der Waals surface area contributed by atoms with Crippen molar-refractivity contribution in [1.29, 1.82) is 0 Å². The lowest BCUT2D eigenvalue weighted by atomic mass is 10.1. The monoisotopic (exact) mass is 533 g/mol. The Labute approximate surface area is 230 Å². The average molecular weight is 534 g/mol. The summed E-state index contributed by atoms with van der Waals surface area (Å²) in [5.74, 6) is 2.89. The van der Waals surface area contributed by atoms with E-state index >= 15 is 0 Å². The summed E-state index contributed by atoms with van der Waals surface area (Å²) in [4.78, 5) is 29.8. The Morgan fingerprint density at radius 2 is 2.05 bits per heavy atom. The Morgan fingerprint density at radius 1 is 1.12 bits per heavy atom. The second-order valence-electron chi connectivity index (χ2n) is 9.97. The van der Waals surface area contributed by atoms with Crippen LogP contribution in [0.25, 0.3) is 16.6 Å². The van der Waals surface area contributed by atoms with Gasteiger partial charge in [-0.05, 0) is 48.9 Å². The highest BCUT2D eigenvalue weighted by Gasteiger charge is 2.34. The summed E-state index contributed by atoms with van der Waals surface area (Å²) in [6.45, 7) is 8.11. The topological polar surface area (TPSA) is 97.1 Å². The van der Waals surface area contributed by atoms with Crippen LogP contribution in [0.4, 0.5) is 17.2 Å². The standard InChI is InChI=1S/C30H27N7O3/c1-3-29(38)37-11-10-36-16-21(37)17-39-27-15-24-23(14-25(27)36)30(33-18-32-24)34-20-4-5-26(19(2)12-20)40-22-6-8-35-9-7-31-28(35)13-22/h3-9,12-15,18,21H,1,10-11,16-17H2,2H3,(H,32,33,34). The molecule has 2 aliphatic rings. The normalized spacial score (nSPS) is 16.3. The number of amides is 1. The largest absolute Gasteiger partial charge is 0.489 e. The zero-order valence-electron chi connectivity index (χ0n) is 21.9. The number of carbonyl (C=O) groups is 1. The lowest BCUT2D eigenvalue weighted by molar-refractivity contribution is -0.129. The third-order valence-corrected chi connectivity index (χ3v) is 7.46. The van der Waals surface area contributed by atoms with Gasteiger partial charge in [0.05, 0.1) is 17.2 Å². The maximum Gasteiger partial charge on any atom is 0.246 e. The smallest absolute Gasteiger partial charge is 0.246 e. The van der Waals surface area contributed by atoms with Crippen molar-refractivity contribution < 1.29 is 14.3 Å². The summed E-state index contributed by atoms with van der Waals surface area (Å²) in [5, 5.41) is 4.35. The number of fused-ring (bicyclic) bond motifs is 6. The minimum absolute atomic E-state index is 0.0382. The van der Waals surface area contributed by atoms with Gasteiger partial charge in [-0.15, -0.1) is 0 Å². The van der Waals surface area contributed by atoms with Crippen LogP contribution in [-0.4, -0.2) is 62.4 Å². The minimum Gasteiger partial charge on any atom is -0.489 e. The molecule has 1 N–H and O–H groups in total. The summed E-state index contributed by atoms with van der Waals surface area (Å²) < 4.78 is 14.3. The highest BCUT2D eigenvalue weighted by molar-refractivity contribution is 5.95. The number of benzene rings is 2. The number of aryl methyl sites for hydroxylation is 1. The number of nitrogens with one attached hydrogen (secondary N) is 1. The van der Waals surface area contributed by atoms with Gasteiger partial charge in [-0.2, -0.15) is 0 Å². The molecule has 2 bridgehead atoms. The quantitative estimate of drug-likeness (QED) is 0.324. The van der Waals surface area contributed by atoms with Gasteiger partial charge in [0.1, 0.15) is 41.6 Å². The van der Waals surface area contributed by atoms with Crippen LogP contribution < -0.4 is 19.7 Å². The van der Waals surface area contributed by atoms with Crippen LogP contribution in [0.2, 0.25) is 0 Å². The molecule has 2 aliphatic heterocycles. The van der Waals surface area contributed by atoms with Crippen LogP contribution in [0.1, 0.15) is 5.56 Å². The molecule has 1 amide bonds. The molecule has 2 aromatic carbocycles. The number of aromatic nitrogens is 4. The fraction of sp³-hybridized carbons (Fsp3) is 0.200. The lowest BCUT2D eigenvalue weighted by Crippen LogP contribution is -2.56. The van der Waals surface area contributed by atoms with E-state index in [1.54, 1.807) is 12.5 Å². The average Bonchev–Trinajstić information content (AvgIpc) is 3.40.